The SMILES string of the molecule is COc1ccc2c(=O)c(Cl)n[nH]c2c1. The number of hydrogen-bond donors (Lipinski definition) is 1. The molecule has 0 spiro atoms. The molecule has 0 fully saturated rings. The molecule has 0 aliphatic carbocycles. The average Bonchev–Trinajstić information content (AvgIpc) is 2.23. The Morgan fingerprint density at radius 1 is 1.50 bits per heavy atom. The zero-order valence-electron chi connectivity index (χ0n) is 7.37. The lowest BCUT2D eigenvalue weighted by Gasteiger charge is -2.01. The van der Waals surface area contributed by atoms with E-state index in [2.05, 4.69) is 10.2 Å². The lowest BCUT2D eigenvalue weighted by molar-refractivity contribution is 0.415. The number of rotatable bonds is 1. The third kappa shape index (κ3) is 1.33. The lowest BCUT2D eigenvalue weighted by Crippen LogP contribution is -2.06. The Kier molecular flexibility index (Phi) is 2.13. The largest absolute Gasteiger partial charge is 0.497 e. The molecule has 1 N–H and O–H groups in total. The minimum atomic E-state index is -0.275. The quantitative estimate of drug-likeness (QED) is 0.778. The highest BCUT2D eigenvalue weighted by Crippen LogP contribution is 2.16. The Morgan fingerprint density at radius 3 is 3.00 bits per heavy atom. The van der Waals surface area contributed by atoms with Crippen LogP contribution in [0, 0.1) is 0 Å². The second-order valence-corrected chi connectivity index (χ2v) is 3.11. The summed E-state index contributed by atoms with van der Waals surface area (Å²) < 4.78 is 5.01. The molecule has 2 aromatic rings. The molecule has 1 aromatic carbocycles. The van der Waals surface area contributed by atoms with Crippen LogP contribution in [0.5, 0.6) is 5.75 Å². The van der Waals surface area contributed by atoms with Gasteiger partial charge in [0.1, 0.15) is 5.75 Å². The van der Waals surface area contributed by atoms with Crippen LogP contribution >= 0.6 is 11.6 Å². The zero-order chi connectivity index (χ0) is 10.1. The van der Waals surface area contributed by atoms with Gasteiger partial charge in [-0.2, -0.15) is 5.10 Å². The van der Waals surface area contributed by atoms with E-state index in [1.165, 1.54) is 0 Å². The first kappa shape index (κ1) is 9.02. The zero-order valence-corrected chi connectivity index (χ0v) is 8.13. The molecule has 14 heavy (non-hydrogen) atoms. The Balaban J connectivity index is 2.81. The lowest BCUT2D eigenvalue weighted by atomic mass is 10.2. The summed E-state index contributed by atoms with van der Waals surface area (Å²) in [5.74, 6) is 0.664. The second kappa shape index (κ2) is 3.31. The third-order valence-electron chi connectivity index (χ3n) is 1.93. The van der Waals surface area contributed by atoms with Crippen molar-refractivity contribution in [3.8, 4) is 5.75 Å². The van der Waals surface area contributed by atoms with Gasteiger partial charge in [0.05, 0.1) is 18.0 Å². The number of nitrogens with one attached hydrogen (secondary N) is 1. The number of H-pyrrole nitrogens is 1. The molecule has 2 rings (SSSR count). The van der Waals surface area contributed by atoms with Gasteiger partial charge in [-0.1, -0.05) is 11.6 Å². The Bertz CT molecular complexity index is 536. The summed E-state index contributed by atoms with van der Waals surface area (Å²) in [5, 5.41) is 6.78. The Hall–Kier alpha value is -1.55. The van der Waals surface area contributed by atoms with Gasteiger partial charge in [0, 0.05) is 6.07 Å². The van der Waals surface area contributed by atoms with Crippen molar-refractivity contribution in [2.75, 3.05) is 7.11 Å². The Morgan fingerprint density at radius 2 is 2.29 bits per heavy atom. The normalized spacial score (nSPS) is 10.4. The van der Waals surface area contributed by atoms with Crippen LogP contribution in [-0.2, 0) is 0 Å². The predicted octanol–water partition coefficient (Wildman–Crippen LogP) is 1.59. The van der Waals surface area contributed by atoms with Gasteiger partial charge >= 0.3 is 0 Å². The monoisotopic (exact) mass is 210 g/mol. The number of benzene rings is 1. The number of ether oxygens (including phenoxy) is 1. The molecule has 0 unspecified atom stereocenters. The first-order valence-electron chi connectivity index (χ1n) is 3.94. The summed E-state index contributed by atoms with van der Waals surface area (Å²) in [6.45, 7) is 0. The highest BCUT2D eigenvalue weighted by Gasteiger charge is 2.04. The highest BCUT2D eigenvalue weighted by molar-refractivity contribution is 6.29. The van der Waals surface area contributed by atoms with Crippen molar-refractivity contribution in [1.82, 2.24) is 10.2 Å². The van der Waals surface area contributed by atoms with Crippen LogP contribution < -0.4 is 10.2 Å². The maximum Gasteiger partial charge on any atom is 0.226 e. The molecule has 0 saturated heterocycles. The van der Waals surface area contributed by atoms with E-state index in [1.807, 2.05) is 0 Å². The van der Waals surface area contributed by atoms with Gasteiger partial charge in [-0.25, -0.2) is 0 Å². The topological polar surface area (TPSA) is 55.0 Å². The van der Waals surface area contributed by atoms with Crippen LogP contribution in [0.2, 0.25) is 5.15 Å². The molecular formula is C9H7ClN2O2. The summed E-state index contributed by atoms with van der Waals surface area (Å²) in [5.41, 5.74) is 0.335. The summed E-state index contributed by atoms with van der Waals surface area (Å²) in [4.78, 5) is 11.5. The molecule has 72 valence electrons. The van der Waals surface area contributed by atoms with Crippen molar-refractivity contribution >= 4 is 22.5 Å². The molecule has 0 atom stereocenters. The maximum absolute atomic E-state index is 11.5. The van der Waals surface area contributed by atoms with E-state index >= 15 is 0 Å². The van der Waals surface area contributed by atoms with Gasteiger partial charge in [0.2, 0.25) is 5.43 Å². The molecule has 0 radical (unpaired) electrons. The number of halogens is 1. The maximum atomic E-state index is 11.5. The third-order valence-corrected chi connectivity index (χ3v) is 2.19. The van der Waals surface area contributed by atoms with Crippen molar-refractivity contribution in [2.24, 2.45) is 0 Å². The first-order valence-corrected chi connectivity index (χ1v) is 4.32. The van der Waals surface area contributed by atoms with Crippen molar-refractivity contribution in [3.63, 3.8) is 0 Å². The van der Waals surface area contributed by atoms with Crippen LogP contribution in [0.3, 0.4) is 0 Å². The van der Waals surface area contributed by atoms with Crippen molar-refractivity contribution < 1.29 is 4.74 Å². The predicted molar refractivity (Wildman–Crippen MR) is 53.9 cm³/mol. The van der Waals surface area contributed by atoms with E-state index in [-0.39, 0.29) is 10.6 Å². The minimum Gasteiger partial charge on any atom is -0.497 e. The van der Waals surface area contributed by atoms with Crippen molar-refractivity contribution in [3.05, 3.63) is 33.6 Å². The second-order valence-electron chi connectivity index (χ2n) is 2.76. The summed E-state index contributed by atoms with van der Waals surface area (Å²) >= 11 is 5.58. The van der Waals surface area contributed by atoms with E-state index in [0.717, 1.165) is 0 Å². The first-order chi connectivity index (χ1) is 6.72. The molecular weight excluding hydrogens is 204 g/mol. The summed E-state index contributed by atoms with van der Waals surface area (Å²) in [6.07, 6.45) is 0. The van der Waals surface area contributed by atoms with Crippen LogP contribution in [0.25, 0.3) is 10.9 Å². The van der Waals surface area contributed by atoms with E-state index in [0.29, 0.717) is 16.7 Å². The molecule has 0 bridgehead atoms. The minimum absolute atomic E-state index is 0.0531. The molecule has 5 heteroatoms. The molecule has 0 amide bonds. The molecule has 4 nitrogen and oxygen atoms in total. The van der Waals surface area contributed by atoms with Crippen molar-refractivity contribution in [2.45, 2.75) is 0 Å². The standard InChI is InChI=1S/C9H7ClN2O2/c1-14-5-2-3-6-7(4-5)11-12-9(10)8(6)13/h2-4H,1H3,(H,11,13). The number of aromatic nitrogens is 2. The van der Waals surface area contributed by atoms with E-state index in [9.17, 15) is 4.79 Å². The van der Waals surface area contributed by atoms with Crippen LogP contribution in [-0.4, -0.2) is 17.3 Å². The fraction of sp³-hybridized carbons (Fsp3) is 0.111. The van der Waals surface area contributed by atoms with Gasteiger partial charge in [0.15, 0.2) is 5.15 Å². The molecule has 1 heterocycles. The fourth-order valence-electron chi connectivity index (χ4n) is 1.21. The summed E-state index contributed by atoms with van der Waals surface area (Å²) in [7, 11) is 1.56. The number of aromatic amines is 1. The molecule has 0 saturated carbocycles. The van der Waals surface area contributed by atoms with Gasteiger partial charge in [0.25, 0.3) is 0 Å². The van der Waals surface area contributed by atoms with Gasteiger partial charge < -0.3 is 4.74 Å². The van der Waals surface area contributed by atoms with Crippen molar-refractivity contribution in [1.29, 1.82) is 0 Å². The average molecular weight is 211 g/mol. The van der Waals surface area contributed by atoms with Gasteiger partial charge in [-0.15, -0.1) is 0 Å². The number of methoxy groups -OCH3 is 1. The van der Waals surface area contributed by atoms with Gasteiger partial charge in [-0.3, -0.25) is 9.89 Å². The van der Waals surface area contributed by atoms with E-state index in [4.69, 9.17) is 16.3 Å². The van der Waals surface area contributed by atoms with Crippen LogP contribution in [0.4, 0.5) is 0 Å². The summed E-state index contributed by atoms with van der Waals surface area (Å²) in [6, 6.07) is 5.05. The van der Waals surface area contributed by atoms with E-state index in [1.54, 1.807) is 25.3 Å². The van der Waals surface area contributed by atoms with Gasteiger partial charge in [-0.05, 0) is 12.1 Å². The number of hydrogen-bond acceptors (Lipinski definition) is 3. The number of fused-ring (bicyclic) bond motifs is 1. The molecule has 0 aliphatic heterocycles. The Labute approximate surface area is 84.5 Å². The molecule has 0 aliphatic rings. The van der Waals surface area contributed by atoms with Crippen LogP contribution in [0.15, 0.2) is 23.0 Å². The van der Waals surface area contributed by atoms with Crippen LogP contribution in [0.1, 0.15) is 0 Å². The fourth-order valence-corrected chi connectivity index (χ4v) is 1.36. The highest BCUT2D eigenvalue weighted by atomic mass is 35.5. The smallest absolute Gasteiger partial charge is 0.226 e. The number of nitrogens with zero attached hydrogens (tertiary/aromatic N) is 1. The van der Waals surface area contributed by atoms with E-state index < -0.39 is 0 Å². The molecule has 1 aromatic heterocycles.